The van der Waals surface area contributed by atoms with Crippen molar-refractivity contribution >= 4 is 17.5 Å². The van der Waals surface area contributed by atoms with Crippen LogP contribution in [0.25, 0.3) is 0 Å². The van der Waals surface area contributed by atoms with E-state index < -0.39 is 10.8 Å². The van der Waals surface area contributed by atoms with Gasteiger partial charge in [-0.1, -0.05) is 19.9 Å². The fourth-order valence-corrected chi connectivity index (χ4v) is 6.62. The fraction of sp³-hybridized carbons (Fsp3) is 0.650. The first-order valence-electron chi connectivity index (χ1n) is 9.04. The van der Waals surface area contributed by atoms with Crippen molar-refractivity contribution < 1.29 is 19.1 Å². The van der Waals surface area contributed by atoms with E-state index in [4.69, 9.17) is 4.74 Å². The zero-order valence-electron chi connectivity index (χ0n) is 14.0. The number of allylic oxidation sites excluding steroid dienone is 2. The molecule has 126 valence electrons. The van der Waals surface area contributed by atoms with Crippen LogP contribution in [0.5, 0.6) is 0 Å². The van der Waals surface area contributed by atoms with Crippen molar-refractivity contribution in [2.45, 2.75) is 45.4 Å². The second-order valence-electron chi connectivity index (χ2n) is 8.73. The average Bonchev–Trinajstić information content (AvgIpc) is 2.57. The molecule has 0 aromatic rings. The molecule has 5 atom stereocenters. The third-order valence-corrected chi connectivity index (χ3v) is 7.82. The third kappa shape index (κ3) is 1.30. The molecule has 5 fully saturated rings. The third-order valence-electron chi connectivity index (χ3n) is 7.82. The molecule has 6 aliphatic rings. The summed E-state index contributed by atoms with van der Waals surface area (Å²) in [6.07, 6.45) is 6.38. The Balaban J connectivity index is 1.80. The van der Waals surface area contributed by atoms with E-state index in [0.717, 1.165) is 31.3 Å². The largest absolute Gasteiger partial charge is 0.464 e. The SMILES string of the molecule is C=C1C(=O)C23CC[C@H]1CC2[C@@]12CCC[C@@](C)(COC1=O)C2=CC3=O. The van der Waals surface area contributed by atoms with E-state index in [2.05, 4.69) is 13.5 Å². The van der Waals surface area contributed by atoms with Crippen LogP contribution in [0.3, 0.4) is 0 Å². The monoisotopic (exact) mass is 326 g/mol. The first kappa shape index (κ1) is 14.6. The molecule has 1 saturated heterocycles. The van der Waals surface area contributed by atoms with Gasteiger partial charge >= 0.3 is 5.97 Å². The van der Waals surface area contributed by atoms with Crippen LogP contribution in [-0.2, 0) is 19.1 Å². The Bertz CT molecular complexity index is 762. The lowest BCUT2D eigenvalue weighted by Gasteiger charge is -2.63. The van der Waals surface area contributed by atoms with Gasteiger partial charge in [-0.25, -0.2) is 0 Å². The molecule has 0 radical (unpaired) electrons. The van der Waals surface area contributed by atoms with Crippen LogP contribution in [-0.4, -0.2) is 24.1 Å². The molecule has 0 aromatic carbocycles. The Kier molecular flexibility index (Phi) is 2.49. The molecule has 1 aliphatic heterocycles. The minimum atomic E-state index is -1.05. The van der Waals surface area contributed by atoms with Crippen molar-refractivity contribution in [1.29, 1.82) is 0 Å². The summed E-state index contributed by atoms with van der Waals surface area (Å²) in [7, 11) is 0. The van der Waals surface area contributed by atoms with Gasteiger partial charge in [0.2, 0.25) is 0 Å². The maximum atomic E-state index is 13.2. The number of carbonyl (C=O) groups excluding carboxylic acids is 3. The second kappa shape index (κ2) is 4.09. The molecule has 0 amide bonds. The topological polar surface area (TPSA) is 60.4 Å². The van der Waals surface area contributed by atoms with Crippen molar-refractivity contribution in [2.24, 2.45) is 28.1 Å². The maximum Gasteiger partial charge on any atom is 0.316 e. The molecular formula is C20H22O4. The van der Waals surface area contributed by atoms with Gasteiger partial charge in [0.15, 0.2) is 11.6 Å². The summed E-state index contributed by atoms with van der Waals surface area (Å²) in [5.74, 6) is -0.496. The maximum absolute atomic E-state index is 13.2. The number of fused-ring (bicyclic) bond motifs is 2. The number of esters is 1. The molecule has 4 saturated carbocycles. The van der Waals surface area contributed by atoms with Gasteiger partial charge in [0.25, 0.3) is 0 Å². The number of carbonyl (C=O) groups is 3. The summed E-state index contributed by atoms with van der Waals surface area (Å²) >= 11 is 0. The Morgan fingerprint density at radius 3 is 2.75 bits per heavy atom. The van der Waals surface area contributed by atoms with Crippen LogP contribution in [0.2, 0.25) is 0 Å². The van der Waals surface area contributed by atoms with E-state index in [1.54, 1.807) is 6.08 Å². The summed E-state index contributed by atoms with van der Waals surface area (Å²) < 4.78 is 5.63. The van der Waals surface area contributed by atoms with E-state index in [9.17, 15) is 14.4 Å². The van der Waals surface area contributed by atoms with Crippen LogP contribution < -0.4 is 0 Å². The number of ketones is 2. The highest BCUT2D eigenvalue weighted by atomic mass is 16.5. The van der Waals surface area contributed by atoms with Crippen molar-refractivity contribution in [3.05, 3.63) is 23.8 Å². The van der Waals surface area contributed by atoms with Gasteiger partial charge in [0.1, 0.15) is 6.61 Å². The smallest absolute Gasteiger partial charge is 0.316 e. The normalized spacial score (nSPS) is 49.3. The van der Waals surface area contributed by atoms with Gasteiger partial charge in [-0.2, -0.15) is 0 Å². The molecule has 0 aromatic heterocycles. The lowest BCUT2D eigenvalue weighted by molar-refractivity contribution is -0.187. The molecule has 1 spiro atoms. The first-order valence-corrected chi connectivity index (χ1v) is 9.04. The van der Waals surface area contributed by atoms with Gasteiger partial charge in [0, 0.05) is 5.41 Å². The fourth-order valence-electron chi connectivity index (χ4n) is 6.62. The molecule has 6 rings (SSSR count). The molecule has 0 N–H and O–H groups in total. The summed E-state index contributed by atoms with van der Waals surface area (Å²) in [6, 6.07) is 0. The van der Waals surface area contributed by atoms with E-state index in [0.29, 0.717) is 25.0 Å². The molecular weight excluding hydrogens is 304 g/mol. The van der Waals surface area contributed by atoms with Crippen LogP contribution in [0.4, 0.5) is 0 Å². The standard InChI is InChI=1S/C20H22O4/c1-11-12-4-7-20(16(11)22)14(8-12)19-6-3-5-18(2,10-24-17(19)23)13(19)9-15(20)21/h9,12,14H,1,3-8,10H2,2H3/t12-,14?,18-,19-,20?/m0/s1. The molecule has 2 unspecified atom stereocenters. The predicted octanol–water partition coefficient (Wildman–Crippen LogP) is 2.77. The van der Waals surface area contributed by atoms with Crippen LogP contribution in [0.1, 0.15) is 45.4 Å². The second-order valence-corrected chi connectivity index (χ2v) is 8.73. The number of Topliss-reactive ketones (excluding diaryl/α,β-unsaturated/α-hetero) is 1. The van der Waals surface area contributed by atoms with E-state index in [-0.39, 0.29) is 34.8 Å². The van der Waals surface area contributed by atoms with Crippen molar-refractivity contribution in [2.75, 3.05) is 6.61 Å². The van der Waals surface area contributed by atoms with Crippen molar-refractivity contribution in [3.63, 3.8) is 0 Å². The van der Waals surface area contributed by atoms with Gasteiger partial charge in [-0.3, -0.25) is 14.4 Å². The minimum absolute atomic E-state index is 0.0785. The first-order chi connectivity index (χ1) is 11.4. The molecule has 4 nitrogen and oxygen atoms in total. The molecule has 5 aliphatic carbocycles. The predicted molar refractivity (Wildman–Crippen MR) is 85.9 cm³/mol. The zero-order valence-corrected chi connectivity index (χ0v) is 14.0. The van der Waals surface area contributed by atoms with Crippen LogP contribution in [0, 0.1) is 28.1 Å². The highest BCUT2D eigenvalue weighted by molar-refractivity contribution is 6.20. The van der Waals surface area contributed by atoms with Crippen LogP contribution in [0.15, 0.2) is 23.8 Å². The summed E-state index contributed by atoms with van der Waals surface area (Å²) in [5, 5.41) is 0. The van der Waals surface area contributed by atoms with Gasteiger partial charge < -0.3 is 4.74 Å². The Labute approximate surface area is 141 Å². The number of hydrogen-bond acceptors (Lipinski definition) is 4. The lowest BCUT2D eigenvalue weighted by Crippen LogP contribution is -2.67. The van der Waals surface area contributed by atoms with Crippen LogP contribution >= 0.6 is 0 Å². The van der Waals surface area contributed by atoms with E-state index in [1.807, 2.05) is 0 Å². The lowest BCUT2D eigenvalue weighted by atomic mass is 9.38. The van der Waals surface area contributed by atoms with E-state index in [1.165, 1.54) is 0 Å². The quantitative estimate of drug-likeness (QED) is 0.390. The summed E-state index contributed by atoms with van der Waals surface area (Å²) in [5.41, 5.74) is -0.496. The number of rotatable bonds is 0. The van der Waals surface area contributed by atoms with E-state index >= 15 is 0 Å². The zero-order chi connectivity index (χ0) is 16.9. The number of cyclic esters (lactones) is 1. The van der Waals surface area contributed by atoms with Gasteiger partial charge in [-0.05, 0) is 61.2 Å². The van der Waals surface area contributed by atoms with Crippen molar-refractivity contribution in [3.8, 4) is 0 Å². The highest BCUT2D eigenvalue weighted by Gasteiger charge is 2.73. The minimum Gasteiger partial charge on any atom is -0.464 e. The molecule has 1 heterocycles. The number of hydrogen-bond donors (Lipinski definition) is 0. The Hall–Kier alpha value is -1.71. The van der Waals surface area contributed by atoms with Crippen molar-refractivity contribution in [1.82, 2.24) is 0 Å². The Morgan fingerprint density at radius 2 is 1.96 bits per heavy atom. The average molecular weight is 326 g/mol. The molecule has 4 heteroatoms. The number of ether oxygens (including phenoxy) is 1. The summed E-state index contributed by atoms with van der Waals surface area (Å²) in [4.78, 5) is 39.3. The van der Waals surface area contributed by atoms with Gasteiger partial charge in [-0.15, -0.1) is 0 Å². The highest BCUT2D eigenvalue weighted by Crippen LogP contribution is 2.69. The Morgan fingerprint density at radius 1 is 1.17 bits per heavy atom. The van der Waals surface area contributed by atoms with Gasteiger partial charge in [0.05, 0.1) is 10.8 Å². The molecule has 24 heavy (non-hydrogen) atoms. The molecule has 4 bridgehead atoms. The summed E-state index contributed by atoms with van der Waals surface area (Å²) in [6.45, 7) is 6.43.